The van der Waals surface area contributed by atoms with E-state index in [0.717, 1.165) is 49.4 Å². The van der Waals surface area contributed by atoms with Crippen LogP contribution in [0.1, 0.15) is 38.7 Å². The summed E-state index contributed by atoms with van der Waals surface area (Å²) in [5, 5.41) is 0. The largest absolute Gasteiger partial charge is 0.493 e. The maximum atomic E-state index is 6.06. The average Bonchev–Trinajstić information content (AvgIpc) is 2.51. The quantitative estimate of drug-likeness (QED) is 0.637. The van der Waals surface area contributed by atoms with Crippen molar-refractivity contribution in [3.05, 3.63) is 23.8 Å². The lowest BCUT2D eigenvalue weighted by Gasteiger charge is -2.16. The lowest BCUT2D eigenvalue weighted by atomic mass is 10.0. The number of ether oxygens (including phenoxy) is 3. The van der Waals surface area contributed by atoms with E-state index in [0.29, 0.717) is 13.2 Å². The lowest BCUT2D eigenvalue weighted by molar-refractivity contribution is 0.171. The second kappa shape index (κ2) is 10.5. The van der Waals surface area contributed by atoms with E-state index in [1.54, 1.807) is 7.11 Å². The first-order chi connectivity index (χ1) is 10.2. The number of methoxy groups -OCH3 is 1. The van der Waals surface area contributed by atoms with Crippen LogP contribution < -0.4 is 15.2 Å². The molecule has 0 saturated heterocycles. The number of rotatable bonds is 11. The highest BCUT2D eigenvalue weighted by Gasteiger charge is 2.10. The summed E-state index contributed by atoms with van der Waals surface area (Å²) >= 11 is 0. The van der Waals surface area contributed by atoms with E-state index < -0.39 is 0 Å². The molecule has 0 aliphatic rings. The highest BCUT2D eigenvalue weighted by molar-refractivity contribution is 5.41. The molecule has 0 bridgehead atoms. The Kier molecular flexibility index (Phi) is 8.87. The smallest absolute Gasteiger partial charge is 0.126 e. The summed E-state index contributed by atoms with van der Waals surface area (Å²) in [6.45, 7) is 6.26. The maximum absolute atomic E-state index is 6.06. The van der Waals surface area contributed by atoms with Crippen LogP contribution in [-0.4, -0.2) is 33.0 Å². The molecule has 1 rings (SSSR count). The molecule has 0 aliphatic heterocycles. The molecule has 4 heteroatoms. The molecule has 0 radical (unpaired) electrons. The third-order valence-electron chi connectivity index (χ3n) is 3.27. The monoisotopic (exact) mass is 295 g/mol. The highest BCUT2D eigenvalue weighted by Crippen LogP contribution is 2.26. The zero-order valence-corrected chi connectivity index (χ0v) is 13.6. The van der Waals surface area contributed by atoms with Gasteiger partial charge in [-0.05, 0) is 30.9 Å². The van der Waals surface area contributed by atoms with Gasteiger partial charge in [0.1, 0.15) is 11.5 Å². The Labute approximate surface area is 128 Å². The predicted molar refractivity (Wildman–Crippen MR) is 86.2 cm³/mol. The topological polar surface area (TPSA) is 53.7 Å². The Hall–Kier alpha value is -1.26. The summed E-state index contributed by atoms with van der Waals surface area (Å²) in [4.78, 5) is 0. The fraction of sp³-hybridized carbons (Fsp3) is 0.647. The van der Waals surface area contributed by atoms with Crippen molar-refractivity contribution in [3.63, 3.8) is 0 Å². The van der Waals surface area contributed by atoms with Crippen LogP contribution in [0, 0.1) is 0 Å². The number of benzene rings is 1. The summed E-state index contributed by atoms with van der Waals surface area (Å²) < 4.78 is 16.6. The molecular weight excluding hydrogens is 266 g/mol. The van der Waals surface area contributed by atoms with E-state index in [1.165, 1.54) is 0 Å². The van der Waals surface area contributed by atoms with Crippen LogP contribution in [0.5, 0.6) is 11.5 Å². The Morgan fingerprint density at radius 2 is 1.90 bits per heavy atom. The van der Waals surface area contributed by atoms with Gasteiger partial charge in [0.25, 0.3) is 0 Å². The molecule has 1 aromatic rings. The van der Waals surface area contributed by atoms with Gasteiger partial charge in [-0.15, -0.1) is 0 Å². The minimum Gasteiger partial charge on any atom is -0.493 e. The molecule has 1 aromatic carbocycles. The first-order valence-electron chi connectivity index (χ1n) is 7.84. The van der Waals surface area contributed by atoms with Crippen LogP contribution in [0.2, 0.25) is 0 Å². The second-order valence-corrected chi connectivity index (χ2v) is 5.19. The van der Waals surface area contributed by atoms with Crippen LogP contribution in [-0.2, 0) is 11.2 Å². The van der Waals surface area contributed by atoms with Gasteiger partial charge < -0.3 is 19.9 Å². The molecule has 1 unspecified atom stereocenters. The van der Waals surface area contributed by atoms with Crippen molar-refractivity contribution in [3.8, 4) is 11.5 Å². The van der Waals surface area contributed by atoms with Crippen LogP contribution in [0.25, 0.3) is 0 Å². The summed E-state index contributed by atoms with van der Waals surface area (Å²) in [6, 6.07) is 6.19. The molecule has 120 valence electrons. The molecular formula is C17H29NO3. The molecule has 0 spiro atoms. The Morgan fingerprint density at radius 1 is 1.10 bits per heavy atom. The van der Waals surface area contributed by atoms with Crippen molar-refractivity contribution in [2.75, 3.05) is 26.9 Å². The molecule has 0 aromatic heterocycles. The van der Waals surface area contributed by atoms with E-state index in [2.05, 4.69) is 19.9 Å². The molecule has 0 amide bonds. The van der Waals surface area contributed by atoms with Gasteiger partial charge in [0.15, 0.2) is 0 Å². The van der Waals surface area contributed by atoms with E-state index in [1.807, 2.05) is 12.1 Å². The Morgan fingerprint density at radius 3 is 2.57 bits per heavy atom. The summed E-state index contributed by atoms with van der Waals surface area (Å²) in [7, 11) is 1.70. The SMILES string of the molecule is CCCOc1ccc(CC(N)CC)c(OCCCOC)c1. The highest BCUT2D eigenvalue weighted by atomic mass is 16.5. The van der Waals surface area contributed by atoms with Gasteiger partial charge in [-0.1, -0.05) is 19.9 Å². The first-order valence-corrected chi connectivity index (χ1v) is 7.84. The fourth-order valence-corrected chi connectivity index (χ4v) is 1.96. The van der Waals surface area contributed by atoms with Gasteiger partial charge in [0, 0.05) is 32.2 Å². The van der Waals surface area contributed by atoms with Crippen molar-refractivity contribution in [1.29, 1.82) is 0 Å². The normalized spacial score (nSPS) is 12.2. The van der Waals surface area contributed by atoms with Crippen LogP contribution in [0.15, 0.2) is 18.2 Å². The lowest BCUT2D eigenvalue weighted by Crippen LogP contribution is -2.21. The zero-order chi connectivity index (χ0) is 15.5. The van der Waals surface area contributed by atoms with Gasteiger partial charge in [-0.25, -0.2) is 0 Å². The van der Waals surface area contributed by atoms with Gasteiger partial charge >= 0.3 is 0 Å². The van der Waals surface area contributed by atoms with Crippen molar-refractivity contribution in [2.24, 2.45) is 5.73 Å². The van der Waals surface area contributed by atoms with Crippen molar-refractivity contribution in [1.82, 2.24) is 0 Å². The zero-order valence-electron chi connectivity index (χ0n) is 13.6. The van der Waals surface area contributed by atoms with Gasteiger partial charge in [0.05, 0.1) is 13.2 Å². The molecule has 0 saturated carbocycles. The van der Waals surface area contributed by atoms with Gasteiger partial charge in [-0.2, -0.15) is 0 Å². The fourth-order valence-electron chi connectivity index (χ4n) is 1.96. The summed E-state index contributed by atoms with van der Waals surface area (Å²) in [5.74, 6) is 1.73. The van der Waals surface area contributed by atoms with Crippen molar-refractivity contribution < 1.29 is 14.2 Å². The maximum Gasteiger partial charge on any atom is 0.126 e. The average molecular weight is 295 g/mol. The third-order valence-corrected chi connectivity index (χ3v) is 3.27. The number of hydrogen-bond acceptors (Lipinski definition) is 4. The van der Waals surface area contributed by atoms with Crippen molar-refractivity contribution in [2.45, 2.75) is 45.6 Å². The van der Waals surface area contributed by atoms with Gasteiger partial charge in [0.2, 0.25) is 0 Å². The summed E-state index contributed by atoms with van der Waals surface area (Å²) in [5.41, 5.74) is 7.21. The predicted octanol–water partition coefficient (Wildman–Crippen LogP) is 3.17. The second-order valence-electron chi connectivity index (χ2n) is 5.19. The minimum atomic E-state index is 0.161. The summed E-state index contributed by atoms with van der Waals surface area (Å²) in [6.07, 6.45) is 3.64. The van der Waals surface area contributed by atoms with Gasteiger partial charge in [-0.3, -0.25) is 0 Å². The molecule has 0 aliphatic carbocycles. The van der Waals surface area contributed by atoms with Crippen LogP contribution in [0.4, 0.5) is 0 Å². The first kappa shape index (κ1) is 17.8. The van der Waals surface area contributed by atoms with E-state index >= 15 is 0 Å². The van der Waals surface area contributed by atoms with E-state index in [4.69, 9.17) is 19.9 Å². The van der Waals surface area contributed by atoms with Crippen LogP contribution in [0.3, 0.4) is 0 Å². The Bertz CT molecular complexity index is 396. The van der Waals surface area contributed by atoms with Crippen molar-refractivity contribution >= 4 is 0 Å². The number of nitrogens with two attached hydrogens (primary N) is 1. The molecule has 21 heavy (non-hydrogen) atoms. The Balaban J connectivity index is 2.74. The van der Waals surface area contributed by atoms with E-state index in [-0.39, 0.29) is 6.04 Å². The molecule has 4 nitrogen and oxygen atoms in total. The molecule has 0 fully saturated rings. The minimum absolute atomic E-state index is 0.161. The third kappa shape index (κ3) is 6.82. The molecule has 2 N–H and O–H groups in total. The van der Waals surface area contributed by atoms with E-state index in [9.17, 15) is 0 Å². The molecule has 1 atom stereocenters. The standard InChI is InChI=1S/C17H29NO3/c1-4-9-20-16-8-7-14(12-15(18)5-2)17(13-16)21-11-6-10-19-3/h7-8,13,15H,4-6,9-12,18H2,1-3H3. The number of hydrogen-bond donors (Lipinski definition) is 1. The van der Waals surface area contributed by atoms with Crippen LogP contribution >= 0.6 is 0 Å². The molecule has 0 heterocycles.